The van der Waals surface area contributed by atoms with E-state index in [0.717, 1.165) is 24.1 Å². The lowest BCUT2D eigenvalue weighted by molar-refractivity contribution is 0.170. The Kier molecular flexibility index (Phi) is 5.79. The standard InChI is InChI=1S/C14H23N3O2/c1-9-6-12(14(15)17-19)4-5-13(9)8-16-10(2)7-11(3)18/h4-6,10-11,16,18-19H,7-8H2,1-3H3,(H2,15,17). The highest BCUT2D eigenvalue weighted by atomic mass is 16.4. The number of aryl methyl sites for hydroxylation is 1. The van der Waals surface area contributed by atoms with Crippen LogP contribution in [0.25, 0.3) is 0 Å². The van der Waals surface area contributed by atoms with Crippen LogP contribution in [-0.2, 0) is 6.54 Å². The van der Waals surface area contributed by atoms with Gasteiger partial charge in [0.2, 0.25) is 0 Å². The summed E-state index contributed by atoms with van der Waals surface area (Å²) < 4.78 is 0. The summed E-state index contributed by atoms with van der Waals surface area (Å²) in [5, 5.41) is 24.3. The molecular weight excluding hydrogens is 242 g/mol. The fourth-order valence-electron chi connectivity index (χ4n) is 1.99. The van der Waals surface area contributed by atoms with E-state index in [-0.39, 0.29) is 18.0 Å². The van der Waals surface area contributed by atoms with Gasteiger partial charge in [-0.3, -0.25) is 0 Å². The third-order valence-corrected chi connectivity index (χ3v) is 3.08. The van der Waals surface area contributed by atoms with Crippen LogP contribution in [0.15, 0.2) is 23.4 Å². The van der Waals surface area contributed by atoms with Crippen LogP contribution in [0.1, 0.15) is 37.0 Å². The van der Waals surface area contributed by atoms with Gasteiger partial charge < -0.3 is 21.4 Å². The first-order chi connectivity index (χ1) is 8.93. The molecular formula is C14H23N3O2. The molecule has 1 aromatic carbocycles. The van der Waals surface area contributed by atoms with E-state index >= 15 is 0 Å². The van der Waals surface area contributed by atoms with Gasteiger partial charge in [0.05, 0.1) is 6.10 Å². The van der Waals surface area contributed by atoms with Gasteiger partial charge in [0, 0.05) is 18.2 Å². The molecule has 0 radical (unpaired) electrons. The zero-order chi connectivity index (χ0) is 14.4. The molecule has 5 heteroatoms. The summed E-state index contributed by atoms with van der Waals surface area (Å²) in [6.45, 7) is 6.56. The van der Waals surface area contributed by atoms with Crippen LogP contribution in [0.2, 0.25) is 0 Å². The van der Waals surface area contributed by atoms with Crippen LogP contribution in [0, 0.1) is 6.92 Å². The monoisotopic (exact) mass is 265 g/mol. The molecule has 0 fully saturated rings. The second-order valence-corrected chi connectivity index (χ2v) is 4.99. The van der Waals surface area contributed by atoms with Crippen molar-refractivity contribution in [2.45, 2.75) is 45.9 Å². The van der Waals surface area contributed by atoms with Gasteiger partial charge in [-0.2, -0.15) is 0 Å². The molecule has 106 valence electrons. The van der Waals surface area contributed by atoms with Crippen LogP contribution in [0.5, 0.6) is 0 Å². The van der Waals surface area contributed by atoms with Crippen molar-refractivity contribution in [1.29, 1.82) is 0 Å². The summed E-state index contributed by atoms with van der Waals surface area (Å²) in [4.78, 5) is 0. The van der Waals surface area contributed by atoms with E-state index in [1.54, 1.807) is 6.92 Å². The molecule has 0 aliphatic rings. The van der Waals surface area contributed by atoms with Gasteiger partial charge >= 0.3 is 0 Å². The van der Waals surface area contributed by atoms with Crippen LogP contribution < -0.4 is 11.1 Å². The number of aliphatic hydroxyl groups is 1. The van der Waals surface area contributed by atoms with Crippen LogP contribution >= 0.6 is 0 Å². The Morgan fingerprint density at radius 2 is 2.11 bits per heavy atom. The van der Waals surface area contributed by atoms with E-state index in [2.05, 4.69) is 10.5 Å². The summed E-state index contributed by atoms with van der Waals surface area (Å²) in [6.07, 6.45) is 0.424. The van der Waals surface area contributed by atoms with Gasteiger partial charge in [-0.05, 0) is 44.4 Å². The average molecular weight is 265 g/mol. The minimum absolute atomic E-state index is 0.116. The van der Waals surface area contributed by atoms with Crippen molar-refractivity contribution < 1.29 is 10.3 Å². The summed E-state index contributed by atoms with van der Waals surface area (Å²) in [5.41, 5.74) is 8.50. The molecule has 1 aromatic rings. The third kappa shape index (κ3) is 4.89. The Labute approximate surface area is 114 Å². The number of amidine groups is 1. The second kappa shape index (κ2) is 7.11. The van der Waals surface area contributed by atoms with Gasteiger partial charge in [-0.25, -0.2) is 0 Å². The number of nitrogens with two attached hydrogens (primary N) is 1. The summed E-state index contributed by atoms with van der Waals surface area (Å²) in [5.74, 6) is 0.116. The minimum Gasteiger partial charge on any atom is -0.409 e. The first kappa shape index (κ1) is 15.5. The van der Waals surface area contributed by atoms with E-state index in [1.807, 2.05) is 32.0 Å². The number of benzene rings is 1. The van der Waals surface area contributed by atoms with Crippen LogP contribution in [0.3, 0.4) is 0 Å². The average Bonchev–Trinajstić information content (AvgIpc) is 2.35. The minimum atomic E-state index is -0.300. The quantitative estimate of drug-likeness (QED) is 0.270. The van der Waals surface area contributed by atoms with Crippen molar-refractivity contribution in [3.05, 3.63) is 34.9 Å². The molecule has 5 nitrogen and oxygen atoms in total. The zero-order valence-electron chi connectivity index (χ0n) is 11.7. The number of aliphatic hydroxyl groups excluding tert-OH is 1. The molecule has 0 aromatic heterocycles. The van der Waals surface area contributed by atoms with Crippen LogP contribution in [0.4, 0.5) is 0 Å². The Hall–Kier alpha value is -1.59. The Morgan fingerprint density at radius 3 is 2.63 bits per heavy atom. The molecule has 0 saturated carbocycles. The summed E-state index contributed by atoms with van der Waals surface area (Å²) >= 11 is 0. The number of nitrogens with zero attached hydrogens (tertiary/aromatic N) is 1. The van der Waals surface area contributed by atoms with E-state index < -0.39 is 0 Å². The van der Waals surface area contributed by atoms with Crippen LogP contribution in [-0.4, -0.2) is 28.3 Å². The van der Waals surface area contributed by atoms with E-state index in [0.29, 0.717) is 5.56 Å². The third-order valence-electron chi connectivity index (χ3n) is 3.08. The molecule has 0 bridgehead atoms. The van der Waals surface area contributed by atoms with Crippen molar-refractivity contribution in [3.8, 4) is 0 Å². The molecule has 0 saturated heterocycles. The molecule has 1 rings (SSSR count). The van der Waals surface area contributed by atoms with Gasteiger partial charge in [-0.15, -0.1) is 0 Å². The van der Waals surface area contributed by atoms with Gasteiger partial charge in [0.1, 0.15) is 0 Å². The maximum absolute atomic E-state index is 9.31. The second-order valence-electron chi connectivity index (χ2n) is 4.99. The lowest BCUT2D eigenvalue weighted by atomic mass is 10.0. The highest BCUT2D eigenvalue weighted by molar-refractivity contribution is 5.97. The van der Waals surface area contributed by atoms with Crippen molar-refractivity contribution >= 4 is 5.84 Å². The van der Waals surface area contributed by atoms with Crippen molar-refractivity contribution in [2.24, 2.45) is 10.9 Å². The molecule has 0 spiro atoms. The number of nitrogens with one attached hydrogen (secondary N) is 1. The number of rotatable bonds is 6. The largest absolute Gasteiger partial charge is 0.409 e. The lowest BCUT2D eigenvalue weighted by Gasteiger charge is -2.16. The van der Waals surface area contributed by atoms with Crippen molar-refractivity contribution in [3.63, 3.8) is 0 Å². The fourth-order valence-corrected chi connectivity index (χ4v) is 1.99. The first-order valence-electron chi connectivity index (χ1n) is 6.43. The van der Waals surface area contributed by atoms with E-state index in [9.17, 15) is 5.11 Å². The molecule has 0 amide bonds. The van der Waals surface area contributed by atoms with Crippen molar-refractivity contribution in [1.82, 2.24) is 5.32 Å². The summed E-state index contributed by atoms with van der Waals surface area (Å²) in [6, 6.07) is 5.94. The number of hydrogen-bond donors (Lipinski definition) is 4. The Balaban J connectivity index is 2.65. The first-order valence-corrected chi connectivity index (χ1v) is 6.43. The molecule has 5 N–H and O–H groups in total. The lowest BCUT2D eigenvalue weighted by Crippen LogP contribution is -2.29. The number of hydrogen-bond acceptors (Lipinski definition) is 4. The Morgan fingerprint density at radius 1 is 1.42 bits per heavy atom. The number of oxime groups is 1. The molecule has 0 aliphatic heterocycles. The SMILES string of the molecule is Cc1cc(/C(N)=N/O)ccc1CNC(C)CC(C)O. The molecule has 2 atom stereocenters. The molecule has 0 aliphatic carbocycles. The maximum Gasteiger partial charge on any atom is 0.170 e. The van der Waals surface area contributed by atoms with Gasteiger partial charge in [0.25, 0.3) is 0 Å². The summed E-state index contributed by atoms with van der Waals surface area (Å²) in [7, 11) is 0. The topological polar surface area (TPSA) is 90.9 Å². The molecule has 2 unspecified atom stereocenters. The predicted molar refractivity (Wildman–Crippen MR) is 76.3 cm³/mol. The van der Waals surface area contributed by atoms with Gasteiger partial charge in [-0.1, -0.05) is 17.3 Å². The van der Waals surface area contributed by atoms with Crippen molar-refractivity contribution in [2.75, 3.05) is 0 Å². The van der Waals surface area contributed by atoms with E-state index in [4.69, 9.17) is 10.9 Å². The fraction of sp³-hybridized carbons (Fsp3) is 0.500. The Bertz CT molecular complexity index is 444. The zero-order valence-corrected chi connectivity index (χ0v) is 11.7. The van der Waals surface area contributed by atoms with E-state index in [1.165, 1.54) is 0 Å². The highest BCUT2D eigenvalue weighted by Crippen LogP contribution is 2.11. The molecule has 0 heterocycles. The van der Waals surface area contributed by atoms with Gasteiger partial charge in [0.15, 0.2) is 5.84 Å². The maximum atomic E-state index is 9.31. The highest BCUT2D eigenvalue weighted by Gasteiger charge is 2.07. The normalized spacial score (nSPS) is 15.3. The predicted octanol–water partition coefficient (Wildman–Crippen LogP) is 1.34. The smallest absolute Gasteiger partial charge is 0.170 e. The molecule has 19 heavy (non-hydrogen) atoms.